The lowest BCUT2D eigenvalue weighted by Crippen LogP contribution is -1.88. The molecule has 0 aliphatic heterocycles. The van der Waals surface area contributed by atoms with Crippen LogP contribution < -0.4 is 0 Å². The Morgan fingerprint density at radius 3 is 2.43 bits per heavy atom. The molecule has 1 N–H and O–H groups in total. The Labute approximate surface area is 96.1 Å². The summed E-state index contributed by atoms with van der Waals surface area (Å²) in [5.41, 5.74) is 3.61. The van der Waals surface area contributed by atoms with Crippen molar-refractivity contribution in [1.82, 2.24) is 15.4 Å². The van der Waals surface area contributed by atoms with Gasteiger partial charge in [0.15, 0.2) is 0 Å². The van der Waals surface area contributed by atoms with Crippen LogP contribution in [0.1, 0.15) is 16.8 Å². The van der Waals surface area contributed by atoms with Gasteiger partial charge in [0, 0.05) is 10.8 Å². The van der Waals surface area contributed by atoms with Crippen molar-refractivity contribution in [2.24, 2.45) is 0 Å². The first-order valence-electron chi connectivity index (χ1n) is 4.37. The fraction of sp³-hybridized carbons (Fsp3) is 0.200. The number of alkyl halides is 1. The Kier molecular flexibility index (Phi) is 3.13. The molecule has 14 heavy (non-hydrogen) atoms. The molecular weight excluding hydrogens is 289 g/mol. The predicted molar refractivity (Wildman–Crippen MR) is 63.4 cm³/mol. The molecule has 2 rings (SSSR count). The Balaban J connectivity index is 2.10. The average Bonchev–Trinajstić information content (AvgIpc) is 2.72. The Bertz CT molecular complexity index is 380. The van der Waals surface area contributed by atoms with E-state index in [-0.39, 0.29) is 0 Å². The fourth-order valence-electron chi connectivity index (χ4n) is 1.27. The van der Waals surface area contributed by atoms with Gasteiger partial charge in [0.1, 0.15) is 0 Å². The number of halogens is 1. The molecule has 72 valence electrons. The number of nitrogens with zero attached hydrogens (tertiary/aromatic N) is 2. The summed E-state index contributed by atoms with van der Waals surface area (Å²) in [6.45, 7) is 0. The molecule has 0 bridgehead atoms. The van der Waals surface area contributed by atoms with Crippen molar-refractivity contribution in [3.8, 4) is 0 Å². The van der Waals surface area contributed by atoms with Crippen LogP contribution in [-0.2, 0) is 10.8 Å². The highest BCUT2D eigenvalue weighted by atomic mass is 127. The molecule has 0 spiro atoms. The third-order valence-electron chi connectivity index (χ3n) is 2.03. The van der Waals surface area contributed by atoms with Gasteiger partial charge < -0.3 is 0 Å². The van der Waals surface area contributed by atoms with Crippen molar-refractivity contribution in [2.75, 3.05) is 0 Å². The second-order valence-electron chi connectivity index (χ2n) is 3.09. The minimum atomic E-state index is 0.845. The third kappa shape index (κ3) is 2.31. The molecule has 3 nitrogen and oxygen atoms in total. The lowest BCUT2D eigenvalue weighted by Gasteiger charge is -1.99. The summed E-state index contributed by atoms with van der Waals surface area (Å²) in [5, 5.41) is 10.4. The van der Waals surface area contributed by atoms with Crippen molar-refractivity contribution in [2.45, 2.75) is 10.8 Å². The van der Waals surface area contributed by atoms with E-state index in [1.165, 1.54) is 11.1 Å². The molecule has 1 heterocycles. The first-order valence-corrected chi connectivity index (χ1v) is 5.89. The fourth-order valence-corrected chi connectivity index (χ4v) is 1.77. The summed E-state index contributed by atoms with van der Waals surface area (Å²) in [4.78, 5) is 0. The van der Waals surface area contributed by atoms with Gasteiger partial charge in [-0.3, -0.25) is 0 Å². The van der Waals surface area contributed by atoms with Crippen LogP contribution in [0, 0.1) is 0 Å². The molecule has 0 aliphatic rings. The minimum absolute atomic E-state index is 0.845. The smallest absolute Gasteiger partial charge is 0.0868 e. The first-order chi connectivity index (χ1) is 6.88. The lowest BCUT2D eigenvalue weighted by molar-refractivity contribution is 0.915. The summed E-state index contributed by atoms with van der Waals surface area (Å²) in [7, 11) is 0. The number of nitrogens with one attached hydrogen (secondary N) is 1. The molecule has 0 saturated heterocycles. The van der Waals surface area contributed by atoms with Gasteiger partial charge in [-0.25, -0.2) is 0 Å². The van der Waals surface area contributed by atoms with Gasteiger partial charge in [0.05, 0.1) is 11.9 Å². The van der Waals surface area contributed by atoms with Crippen molar-refractivity contribution in [1.29, 1.82) is 0 Å². The van der Waals surface area contributed by atoms with E-state index in [4.69, 9.17) is 0 Å². The second-order valence-corrected chi connectivity index (χ2v) is 3.85. The molecule has 0 saturated carbocycles. The largest absolute Gasteiger partial charge is 0.198 e. The highest BCUT2D eigenvalue weighted by Gasteiger charge is 1.98. The van der Waals surface area contributed by atoms with Crippen molar-refractivity contribution in [3.63, 3.8) is 0 Å². The molecule has 0 fully saturated rings. The summed E-state index contributed by atoms with van der Waals surface area (Å²) in [6.07, 6.45) is 2.60. The quantitative estimate of drug-likeness (QED) is 0.698. The van der Waals surface area contributed by atoms with E-state index in [9.17, 15) is 0 Å². The molecule has 1 aromatic heterocycles. The lowest BCUT2D eigenvalue weighted by atomic mass is 10.1. The number of rotatable bonds is 3. The van der Waals surface area contributed by atoms with Crippen LogP contribution in [0.5, 0.6) is 0 Å². The van der Waals surface area contributed by atoms with Crippen LogP contribution in [0.4, 0.5) is 0 Å². The molecule has 0 atom stereocenters. The van der Waals surface area contributed by atoms with E-state index >= 15 is 0 Å². The maximum atomic E-state index is 4.02. The van der Waals surface area contributed by atoms with Gasteiger partial charge in [-0.05, 0) is 11.1 Å². The van der Waals surface area contributed by atoms with Gasteiger partial charge in [-0.15, -0.1) is 0 Å². The number of benzene rings is 1. The van der Waals surface area contributed by atoms with E-state index in [0.29, 0.717) is 0 Å². The molecule has 0 aliphatic carbocycles. The van der Waals surface area contributed by atoms with Crippen LogP contribution in [0.25, 0.3) is 0 Å². The molecular formula is C10H10IN3. The highest BCUT2D eigenvalue weighted by molar-refractivity contribution is 14.1. The van der Waals surface area contributed by atoms with E-state index < -0.39 is 0 Å². The standard InChI is InChI=1S/C10H10IN3/c11-6-9-3-1-8(2-4-9)5-10-7-12-14-13-10/h1-4,7H,5-6H2,(H,12,13,14). The van der Waals surface area contributed by atoms with E-state index in [1.807, 2.05) is 0 Å². The number of H-pyrrole nitrogens is 1. The maximum absolute atomic E-state index is 4.02. The van der Waals surface area contributed by atoms with Crippen molar-refractivity contribution in [3.05, 3.63) is 47.3 Å². The third-order valence-corrected chi connectivity index (χ3v) is 2.91. The number of aromatic nitrogens is 3. The topological polar surface area (TPSA) is 41.6 Å². The zero-order valence-corrected chi connectivity index (χ0v) is 9.73. The van der Waals surface area contributed by atoms with E-state index in [0.717, 1.165) is 16.5 Å². The second kappa shape index (κ2) is 4.54. The Morgan fingerprint density at radius 1 is 1.14 bits per heavy atom. The number of hydrogen-bond acceptors (Lipinski definition) is 2. The van der Waals surface area contributed by atoms with Gasteiger partial charge in [-0.1, -0.05) is 46.9 Å². The summed E-state index contributed by atoms with van der Waals surface area (Å²) >= 11 is 2.36. The van der Waals surface area contributed by atoms with Crippen molar-refractivity contribution >= 4 is 22.6 Å². The van der Waals surface area contributed by atoms with Crippen LogP contribution in [0.3, 0.4) is 0 Å². The Morgan fingerprint density at radius 2 is 1.86 bits per heavy atom. The monoisotopic (exact) mass is 299 g/mol. The summed E-state index contributed by atoms with van der Waals surface area (Å²) in [6, 6.07) is 8.59. The van der Waals surface area contributed by atoms with Crippen molar-refractivity contribution < 1.29 is 0 Å². The molecule has 1 aromatic carbocycles. The zero-order valence-electron chi connectivity index (χ0n) is 7.57. The number of hydrogen-bond donors (Lipinski definition) is 1. The number of aromatic amines is 1. The average molecular weight is 299 g/mol. The molecule has 2 aromatic rings. The van der Waals surface area contributed by atoms with Gasteiger partial charge in [-0.2, -0.15) is 15.4 Å². The van der Waals surface area contributed by atoms with E-state index in [1.54, 1.807) is 6.20 Å². The molecule has 4 heteroatoms. The zero-order chi connectivity index (χ0) is 9.80. The van der Waals surface area contributed by atoms with Gasteiger partial charge >= 0.3 is 0 Å². The molecule has 0 unspecified atom stereocenters. The molecule has 0 amide bonds. The first kappa shape index (κ1) is 9.64. The molecule has 0 radical (unpaired) electrons. The van der Waals surface area contributed by atoms with Crippen LogP contribution in [0.2, 0.25) is 0 Å². The Hall–Kier alpha value is -0.910. The maximum Gasteiger partial charge on any atom is 0.0868 e. The summed E-state index contributed by atoms with van der Waals surface area (Å²) < 4.78 is 1.06. The van der Waals surface area contributed by atoms with Crippen LogP contribution in [0.15, 0.2) is 30.5 Å². The van der Waals surface area contributed by atoms with Gasteiger partial charge in [0.25, 0.3) is 0 Å². The van der Waals surface area contributed by atoms with E-state index in [2.05, 4.69) is 62.3 Å². The summed E-state index contributed by atoms with van der Waals surface area (Å²) in [5.74, 6) is 0. The minimum Gasteiger partial charge on any atom is -0.198 e. The highest BCUT2D eigenvalue weighted by Crippen LogP contribution is 2.10. The van der Waals surface area contributed by atoms with Crippen LogP contribution in [-0.4, -0.2) is 15.4 Å². The predicted octanol–water partition coefficient (Wildman–Crippen LogP) is 2.33. The normalized spacial score (nSPS) is 10.4. The SMILES string of the molecule is ICc1ccc(Cc2cn[nH]n2)cc1. The van der Waals surface area contributed by atoms with Crippen LogP contribution >= 0.6 is 22.6 Å². The van der Waals surface area contributed by atoms with Gasteiger partial charge in [0.2, 0.25) is 0 Å².